The Labute approximate surface area is 98.9 Å². The predicted molar refractivity (Wildman–Crippen MR) is 64.2 cm³/mol. The second-order valence-electron chi connectivity index (χ2n) is 2.86. The maximum absolute atomic E-state index is 11.2. The van der Waals surface area contributed by atoms with Crippen molar-refractivity contribution in [3.8, 4) is 0 Å². The van der Waals surface area contributed by atoms with Crippen LogP contribution in [0, 0.1) is 0 Å². The molecule has 0 unspecified atom stereocenters. The van der Waals surface area contributed by atoms with Crippen molar-refractivity contribution in [3.63, 3.8) is 0 Å². The van der Waals surface area contributed by atoms with Crippen LogP contribution in [0.15, 0.2) is 24.3 Å². The number of hydrogen-bond acceptors (Lipinski definition) is 1. The number of hydrogen-bond donors (Lipinski definition) is 1. The van der Waals surface area contributed by atoms with Crippen molar-refractivity contribution in [1.29, 1.82) is 0 Å². The van der Waals surface area contributed by atoms with Gasteiger partial charge in [0.2, 0.25) is 5.91 Å². The van der Waals surface area contributed by atoms with Gasteiger partial charge in [0.05, 0.1) is 0 Å². The number of benzene rings is 1. The summed E-state index contributed by atoms with van der Waals surface area (Å²) >= 11 is 11.8. The van der Waals surface area contributed by atoms with E-state index < -0.39 is 0 Å². The summed E-state index contributed by atoms with van der Waals surface area (Å²) in [6.45, 7) is 2.45. The fourth-order valence-corrected chi connectivity index (χ4v) is 1.59. The van der Waals surface area contributed by atoms with E-state index in [0.29, 0.717) is 22.2 Å². The van der Waals surface area contributed by atoms with Crippen molar-refractivity contribution in [3.05, 3.63) is 39.9 Å². The Bertz CT molecular complexity index is 368. The zero-order valence-corrected chi connectivity index (χ0v) is 9.77. The van der Waals surface area contributed by atoms with Crippen molar-refractivity contribution in [2.45, 2.75) is 6.92 Å². The average Bonchev–Trinajstić information content (AvgIpc) is 2.17. The molecule has 0 fully saturated rings. The van der Waals surface area contributed by atoms with Gasteiger partial charge in [-0.3, -0.25) is 4.79 Å². The second-order valence-corrected chi connectivity index (χ2v) is 3.68. The van der Waals surface area contributed by atoms with Crippen molar-refractivity contribution in [1.82, 2.24) is 5.32 Å². The molecule has 0 heterocycles. The van der Waals surface area contributed by atoms with Gasteiger partial charge in [0, 0.05) is 28.2 Å². The van der Waals surface area contributed by atoms with Crippen LogP contribution >= 0.6 is 23.2 Å². The van der Waals surface area contributed by atoms with Gasteiger partial charge in [-0.15, -0.1) is 0 Å². The molecule has 2 nitrogen and oxygen atoms in total. The molecule has 0 spiro atoms. The number of rotatable bonds is 3. The summed E-state index contributed by atoms with van der Waals surface area (Å²) in [5.74, 6) is -0.159. The molecule has 0 aromatic heterocycles. The van der Waals surface area contributed by atoms with Gasteiger partial charge in [-0.1, -0.05) is 29.3 Å². The van der Waals surface area contributed by atoms with E-state index >= 15 is 0 Å². The van der Waals surface area contributed by atoms with Crippen molar-refractivity contribution < 1.29 is 4.79 Å². The predicted octanol–water partition coefficient (Wildman–Crippen LogP) is 3.14. The lowest BCUT2D eigenvalue weighted by atomic mass is 10.2. The molecule has 0 radical (unpaired) electrons. The SMILES string of the molecule is CCNC(=O)/C=C/c1c(Cl)cccc1Cl. The fraction of sp³-hybridized carbons (Fsp3) is 0.182. The number of amides is 1. The summed E-state index contributed by atoms with van der Waals surface area (Å²) in [5, 5.41) is 3.70. The minimum Gasteiger partial charge on any atom is -0.353 e. The fourth-order valence-electron chi connectivity index (χ4n) is 1.06. The number of carbonyl (C=O) groups excluding carboxylic acids is 1. The van der Waals surface area contributed by atoms with Gasteiger partial charge in [-0.25, -0.2) is 0 Å². The summed E-state index contributed by atoms with van der Waals surface area (Å²) in [5.41, 5.74) is 0.659. The van der Waals surface area contributed by atoms with Crippen LogP contribution in [-0.2, 0) is 4.79 Å². The third-order valence-electron chi connectivity index (χ3n) is 1.75. The molecule has 0 saturated heterocycles. The Balaban J connectivity index is 2.84. The van der Waals surface area contributed by atoms with E-state index in [1.807, 2.05) is 6.92 Å². The summed E-state index contributed by atoms with van der Waals surface area (Å²) in [7, 11) is 0. The summed E-state index contributed by atoms with van der Waals surface area (Å²) < 4.78 is 0. The third-order valence-corrected chi connectivity index (χ3v) is 2.41. The first-order valence-corrected chi connectivity index (χ1v) is 5.30. The minimum atomic E-state index is -0.159. The van der Waals surface area contributed by atoms with E-state index in [9.17, 15) is 4.79 Å². The second kappa shape index (κ2) is 5.79. The molecule has 1 aromatic carbocycles. The molecule has 0 saturated carbocycles. The summed E-state index contributed by atoms with van der Waals surface area (Å²) in [4.78, 5) is 11.2. The summed E-state index contributed by atoms with van der Waals surface area (Å²) in [6, 6.07) is 5.21. The lowest BCUT2D eigenvalue weighted by Crippen LogP contribution is -2.19. The molecule has 80 valence electrons. The van der Waals surface area contributed by atoms with Gasteiger partial charge in [0.25, 0.3) is 0 Å². The third kappa shape index (κ3) is 3.57. The molecule has 1 aromatic rings. The number of halogens is 2. The van der Waals surface area contributed by atoms with Crippen LogP contribution in [-0.4, -0.2) is 12.5 Å². The van der Waals surface area contributed by atoms with E-state index in [4.69, 9.17) is 23.2 Å². The van der Waals surface area contributed by atoms with E-state index in [2.05, 4.69) is 5.32 Å². The Hall–Kier alpha value is -0.990. The quantitative estimate of drug-likeness (QED) is 0.813. The first kappa shape index (κ1) is 12.1. The minimum absolute atomic E-state index is 0.159. The lowest BCUT2D eigenvalue weighted by Gasteiger charge is -2.00. The molecular weight excluding hydrogens is 233 g/mol. The van der Waals surface area contributed by atoms with E-state index in [-0.39, 0.29) is 5.91 Å². The van der Waals surface area contributed by atoms with Crippen LogP contribution in [0.25, 0.3) is 6.08 Å². The van der Waals surface area contributed by atoms with Gasteiger partial charge >= 0.3 is 0 Å². The monoisotopic (exact) mass is 243 g/mol. The topological polar surface area (TPSA) is 29.1 Å². The van der Waals surface area contributed by atoms with E-state index in [0.717, 1.165) is 0 Å². The molecule has 0 bridgehead atoms. The van der Waals surface area contributed by atoms with Crippen LogP contribution in [0.5, 0.6) is 0 Å². The smallest absolute Gasteiger partial charge is 0.243 e. The first-order valence-electron chi connectivity index (χ1n) is 4.55. The Kier molecular flexibility index (Phi) is 4.66. The highest BCUT2D eigenvalue weighted by Gasteiger charge is 2.01. The molecule has 4 heteroatoms. The molecule has 1 N–H and O–H groups in total. The zero-order chi connectivity index (χ0) is 11.3. The highest BCUT2D eigenvalue weighted by Crippen LogP contribution is 2.25. The summed E-state index contributed by atoms with van der Waals surface area (Å²) in [6.07, 6.45) is 3.02. The number of nitrogens with one attached hydrogen (secondary N) is 1. The number of carbonyl (C=O) groups is 1. The molecule has 1 amide bonds. The maximum Gasteiger partial charge on any atom is 0.243 e. The average molecular weight is 244 g/mol. The van der Waals surface area contributed by atoms with Gasteiger partial charge in [0.15, 0.2) is 0 Å². The lowest BCUT2D eigenvalue weighted by molar-refractivity contribution is -0.116. The van der Waals surface area contributed by atoms with Gasteiger partial charge in [-0.05, 0) is 25.1 Å². The maximum atomic E-state index is 11.2. The largest absolute Gasteiger partial charge is 0.353 e. The molecule has 1 rings (SSSR count). The van der Waals surface area contributed by atoms with Gasteiger partial charge in [0.1, 0.15) is 0 Å². The van der Waals surface area contributed by atoms with Crippen LogP contribution in [0.1, 0.15) is 12.5 Å². The Morgan fingerprint density at radius 3 is 2.53 bits per heavy atom. The van der Waals surface area contributed by atoms with Crippen molar-refractivity contribution >= 4 is 35.2 Å². The van der Waals surface area contributed by atoms with Crippen molar-refractivity contribution in [2.75, 3.05) is 6.54 Å². The van der Waals surface area contributed by atoms with Crippen LogP contribution in [0.2, 0.25) is 10.0 Å². The van der Waals surface area contributed by atoms with Crippen LogP contribution < -0.4 is 5.32 Å². The molecular formula is C11H11Cl2NO. The first-order chi connectivity index (χ1) is 7.15. The molecule has 0 aliphatic heterocycles. The van der Waals surface area contributed by atoms with Crippen LogP contribution in [0.3, 0.4) is 0 Å². The normalized spacial score (nSPS) is 10.6. The van der Waals surface area contributed by atoms with E-state index in [1.54, 1.807) is 24.3 Å². The van der Waals surface area contributed by atoms with Gasteiger partial charge < -0.3 is 5.32 Å². The molecule has 15 heavy (non-hydrogen) atoms. The molecule has 0 atom stereocenters. The zero-order valence-electron chi connectivity index (χ0n) is 8.26. The Morgan fingerprint density at radius 1 is 1.40 bits per heavy atom. The van der Waals surface area contributed by atoms with Crippen molar-refractivity contribution in [2.24, 2.45) is 0 Å². The molecule has 0 aliphatic rings. The number of likely N-dealkylation sites (N-methyl/N-ethyl adjacent to an activating group) is 1. The van der Waals surface area contributed by atoms with E-state index in [1.165, 1.54) is 6.08 Å². The van der Waals surface area contributed by atoms with Crippen LogP contribution in [0.4, 0.5) is 0 Å². The standard InChI is InChI=1S/C11H11Cl2NO/c1-2-14-11(15)7-6-8-9(12)4-3-5-10(8)13/h3-7H,2H2,1H3,(H,14,15)/b7-6+. The highest BCUT2D eigenvalue weighted by atomic mass is 35.5. The van der Waals surface area contributed by atoms with Gasteiger partial charge in [-0.2, -0.15) is 0 Å². The molecule has 0 aliphatic carbocycles. The highest BCUT2D eigenvalue weighted by molar-refractivity contribution is 6.37. The Morgan fingerprint density at radius 2 is 2.00 bits per heavy atom.